The summed E-state index contributed by atoms with van der Waals surface area (Å²) in [5.74, 6) is 1.06. The van der Waals surface area contributed by atoms with E-state index in [4.69, 9.17) is 14.0 Å². The zero-order valence-electron chi connectivity index (χ0n) is 17.2. The van der Waals surface area contributed by atoms with Crippen LogP contribution in [0.25, 0.3) is 0 Å². The fourth-order valence-corrected chi connectivity index (χ4v) is 4.91. The van der Waals surface area contributed by atoms with Gasteiger partial charge >= 0.3 is 7.12 Å². The Morgan fingerprint density at radius 3 is 2.26 bits per heavy atom. The van der Waals surface area contributed by atoms with Crippen LogP contribution in [0.1, 0.15) is 65.4 Å². The van der Waals surface area contributed by atoms with Crippen LogP contribution in [0.5, 0.6) is 5.75 Å². The normalized spacial score (nSPS) is 28.8. The van der Waals surface area contributed by atoms with E-state index in [1.807, 2.05) is 0 Å². The quantitative estimate of drug-likeness (QED) is 0.749. The highest BCUT2D eigenvalue weighted by Crippen LogP contribution is 2.42. The van der Waals surface area contributed by atoms with E-state index in [1.165, 1.54) is 37.9 Å². The number of piperidine rings is 1. The van der Waals surface area contributed by atoms with Crippen LogP contribution < -0.4 is 10.2 Å². The first kappa shape index (κ1) is 18.0. The van der Waals surface area contributed by atoms with Gasteiger partial charge in [0.25, 0.3) is 0 Å². The molecule has 1 saturated carbocycles. The van der Waals surface area contributed by atoms with Gasteiger partial charge in [0.05, 0.1) is 11.2 Å². The predicted octanol–water partition coefficient (Wildman–Crippen LogP) is 3.31. The highest BCUT2D eigenvalue weighted by Gasteiger charge is 2.52. The maximum Gasteiger partial charge on any atom is 0.494 e. The molecule has 5 heteroatoms. The molecule has 3 heterocycles. The predicted molar refractivity (Wildman–Crippen MR) is 108 cm³/mol. The lowest BCUT2D eigenvalue weighted by molar-refractivity contribution is -0.00746. The third kappa shape index (κ3) is 2.94. The number of ether oxygens (including phenoxy) is 1. The molecule has 4 nitrogen and oxygen atoms in total. The Bertz CT molecular complexity index is 719. The molecule has 0 atom stereocenters. The van der Waals surface area contributed by atoms with E-state index in [-0.39, 0.29) is 23.9 Å². The topological polar surface area (TPSA) is 30.9 Å². The highest BCUT2D eigenvalue weighted by atomic mass is 16.7. The van der Waals surface area contributed by atoms with Crippen LogP contribution in [0.2, 0.25) is 0 Å². The van der Waals surface area contributed by atoms with E-state index < -0.39 is 0 Å². The van der Waals surface area contributed by atoms with E-state index in [0.29, 0.717) is 0 Å². The van der Waals surface area contributed by atoms with Crippen LogP contribution in [0.4, 0.5) is 0 Å². The summed E-state index contributed by atoms with van der Waals surface area (Å²) < 4.78 is 19.0. The zero-order chi connectivity index (χ0) is 18.9. The molecule has 3 fully saturated rings. The molecular weight excluding hydrogens is 337 g/mol. The van der Waals surface area contributed by atoms with Gasteiger partial charge in [-0.05, 0) is 57.6 Å². The minimum atomic E-state index is -0.303. The molecule has 4 aliphatic rings. The molecule has 5 rings (SSSR count). The second kappa shape index (κ2) is 5.98. The average Bonchev–Trinajstić information content (AvgIpc) is 3.01. The lowest BCUT2D eigenvalue weighted by Crippen LogP contribution is -2.52. The van der Waals surface area contributed by atoms with Crippen LogP contribution in [-0.2, 0) is 15.7 Å². The van der Waals surface area contributed by atoms with E-state index in [9.17, 15) is 0 Å². The van der Waals surface area contributed by atoms with Crippen LogP contribution >= 0.6 is 0 Å². The summed E-state index contributed by atoms with van der Waals surface area (Å²) in [5, 5.41) is 0. The summed E-state index contributed by atoms with van der Waals surface area (Å²) in [4.78, 5) is 2.69. The van der Waals surface area contributed by atoms with Gasteiger partial charge in [-0.25, -0.2) is 0 Å². The second-order valence-corrected chi connectivity index (χ2v) is 10.0. The van der Waals surface area contributed by atoms with E-state index in [1.54, 1.807) is 0 Å². The smallest absolute Gasteiger partial charge is 0.487 e. The molecule has 0 bridgehead atoms. The van der Waals surface area contributed by atoms with Gasteiger partial charge in [-0.3, -0.25) is 0 Å². The fourth-order valence-electron chi connectivity index (χ4n) is 4.91. The Hall–Kier alpha value is -1.04. The summed E-state index contributed by atoms with van der Waals surface area (Å²) in [5.41, 5.74) is 1.84. The molecule has 0 amide bonds. The maximum absolute atomic E-state index is 6.51. The molecule has 0 N–H and O–H groups in total. The first-order valence-electron chi connectivity index (χ1n) is 10.7. The Balaban J connectivity index is 1.29. The Morgan fingerprint density at radius 1 is 1.00 bits per heavy atom. The molecule has 1 spiro atoms. The average molecular weight is 369 g/mol. The molecule has 2 saturated heterocycles. The third-order valence-corrected chi connectivity index (χ3v) is 7.75. The van der Waals surface area contributed by atoms with Gasteiger partial charge in [0, 0.05) is 38.4 Å². The first-order chi connectivity index (χ1) is 12.8. The van der Waals surface area contributed by atoms with Crippen molar-refractivity contribution >= 4 is 12.6 Å². The summed E-state index contributed by atoms with van der Waals surface area (Å²) >= 11 is 0. The van der Waals surface area contributed by atoms with Gasteiger partial charge < -0.3 is 18.9 Å². The zero-order valence-corrected chi connectivity index (χ0v) is 17.2. The molecule has 0 unspecified atom stereocenters. The van der Waals surface area contributed by atoms with Crippen molar-refractivity contribution in [3.05, 3.63) is 23.8 Å². The van der Waals surface area contributed by atoms with Crippen molar-refractivity contribution in [3.63, 3.8) is 0 Å². The molecule has 0 aromatic heterocycles. The molecule has 3 aliphatic heterocycles. The third-order valence-electron chi connectivity index (χ3n) is 7.75. The molecule has 1 aromatic rings. The summed E-state index contributed by atoms with van der Waals surface area (Å²) in [6.07, 6.45) is 7.51. The minimum Gasteiger partial charge on any atom is -0.487 e. The van der Waals surface area contributed by atoms with E-state index in [0.717, 1.165) is 36.5 Å². The van der Waals surface area contributed by atoms with Crippen molar-refractivity contribution in [2.45, 2.75) is 89.1 Å². The number of hydrogen-bond donors (Lipinski definition) is 0. The highest BCUT2D eigenvalue weighted by molar-refractivity contribution is 6.62. The van der Waals surface area contributed by atoms with Crippen LogP contribution in [0.3, 0.4) is 0 Å². The number of hydrogen-bond acceptors (Lipinski definition) is 4. The van der Waals surface area contributed by atoms with Crippen molar-refractivity contribution in [3.8, 4) is 5.75 Å². The van der Waals surface area contributed by atoms with Gasteiger partial charge in [-0.15, -0.1) is 0 Å². The Kier molecular flexibility index (Phi) is 3.99. The summed E-state index contributed by atoms with van der Waals surface area (Å²) in [7, 11) is -0.294. The van der Waals surface area contributed by atoms with Gasteiger partial charge in [0.1, 0.15) is 11.4 Å². The van der Waals surface area contributed by atoms with Crippen molar-refractivity contribution in [2.24, 2.45) is 0 Å². The van der Waals surface area contributed by atoms with Crippen LogP contribution in [0, 0.1) is 0 Å². The summed E-state index contributed by atoms with van der Waals surface area (Å²) in [6.45, 7) is 10.8. The van der Waals surface area contributed by atoms with E-state index >= 15 is 0 Å². The number of likely N-dealkylation sites (tertiary alicyclic amines) is 1. The number of nitrogens with zero attached hydrogens (tertiary/aromatic N) is 1. The first-order valence-corrected chi connectivity index (χ1v) is 10.7. The van der Waals surface area contributed by atoms with Gasteiger partial charge in [-0.2, -0.15) is 0 Å². The largest absolute Gasteiger partial charge is 0.494 e. The van der Waals surface area contributed by atoms with Gasteiger partial charge in [0.2, 0.25) is 0 Å². The molecule has 1 aromatic carbocycles. The fraction of sp³-hybridized carbons (Fsp3) is 0.727. The van der Waals surface area contributed by atoms with Crippen molar-refractivity contribution in [2.75, 3.05) is 13.1 Å². The van der Waals surface area contributed by atoms with Crippen LogP contribution in [0.15, 0.2) is 18.2 Å². The van der Waals surface area contributed by atoms with Gasteiger partial charge in [0.15, 0.2) is 0 Å². The van der Waals surface area contributed by atoms with E-state index in [2.05, 4.69) is 50.8 Å². The second-order valence-electron chi connectivity index (χ2n) is 10.0. The molecular formula is C22H32BNO3. The number of fused-ring (bicyclic) bond motifs is 1. The Labute approximate surface area is 163 Å². The number of benzene rings is 1. The maximum atomic E-state index is 6.51. The lowest BCUT2D eigenvalue weighted by atomic mass is 9.77. The molecule has 1 aliphatic carbocycles. The van der Waals surface area contributed by atoms with Crippen molar-refractivity contribution in [1.82, 2.24) is 4.90 Å². The Morgan fingerprint density at radius 2 is 1.67 bits per heavy atom. The number of rotatable bonds is 2. The van der Waals surface area contributed by atoms with Gasteiger partial charge in [-0.1, -0.05) is 18.6 Å². The lowest BCUT2D eigenvalue weighted by Gasteiger charge is -2.45. The SMILES string of the molecule is CC1(C)OB(c2ccc3c(c2)CC2(CCN(C4CCC4)CC2)O3)OC1(C)C. The summed E-state index contributed by atoms with van der Waals surface area (Å²) in [6, 6.07) is 7.35. The molecule has 27 heavy (non-hydrogen) atoms. The monoisotopic (exact) mass is 369 g/mol. The van der Waals surface area contributed by atoms with Crippen molar-refractivity contribution < 1.29 is 14.0 Å². The standard InChI is InChI=1S/C22H32BNO3/c1-20(2)21(3,4)27-23(26-20)17-8-9-19-16(14-17)15-22(25-19)10-12-24(13-11-22)18-6-5-7-18/h8-9,14,18H,5-7,10-13,15H2,1-4H3. The molecule has 0 radical (unpaired) electrons. The molecule has 146 valence electrons. The van der Waals surface area contributed by atoms with Crippen molar-refractivity contribution in [1.29, 1.82) is 0 Å². The van der Waals surface area contributed by atoms with Crippen LogP contribution in [-0.4, -0.2) is 48.0 Å². The minimum absolute atomic E-state index is 0.0110.